The molecule has 1 N–H and O–H groups in total. The summed E-state index contributed by atoms with van der Waals surface area (Å²) in [5.74, 6) is -0.0976. The molecule has 2 aliphatic carbocycles. The maximum atomic E-state index is 13.9. The van der Waals surface area contributed by atoms with Crippen LogP contribution in [-0.2, 0) is 34.8 Å². The van der Waals surface area contributed by atoms with Gasteiger partial charge in [-0.3, -0.25) is 4.79 Å². The number of carbonyl (C=O) groups excluding carboxylic acids is 1. The Hall–Kier alpha value is -3.79. The summed E-state index contributed by atoms with van der Waals surface area (Å²) >= 11 is 5.17. The van der Waals surface area contributed by atoms with E-state index in [9.17, 15) is 17.6 Å². The van der Waals surface area contributed by atoms with E-state index < -0.39 is 16.1 Å². The molecule has 6 rings (SSSR count). The third-order valence-corrected chi connectivity index (χ3v) is 9.38. The van der Waals surface area contributed by atoms with Gasteiger partial charge in [0.25, 0.3) is 5.91 Å². The first-order chi connectivity index (χ1) is 19.7. The second-order valence-corrected chi connectivity index (χ2v) is 12.6. The molecule has 0 spiro atoms. The van der Waals surface area contributed by atoms with E-state index in [4.69, 9.17) is 11.6 Å². The van der Waals surface area contributed by atoms with Crippen LogP contribution in [0, 0.1) is 17.4 Å². The first-order valence-electron chi connectivity index (χ1n) is 13.4. The van der Waals surface area contributed by atoms with Gasteiger partial charge in [-0.1, -0.05) is 30.3 Å². The zero-order valence-corrected chi connectivity index (χ0v) is 24.0. The van der Waals surface area contributed by atoms with Crippen LogP contribution in [-0.4, -0.2) is 23.9 Å². The van der Waals surface area contributed by atoms with Gasteiger partial charge in [-0.15, -0.1) is 0 Å². The second-order valence-electron chi connectivity index (χ2n) is 10.4. The minimum absolute atomic E-state index is 0.129. The van der Waals surface area contributed by atoms with E-state index in [0.717, 1.165) is 29.5 Å². The largest absolute Gasteiger partial charge is 0.337 e. The van der Waals surface area contributed by atoms with Crippen molar-refractivity contribution in [3.05, 3.63) is 124 Å². The molecule has 0 radical (unpaired) electrons. The molecule has 1 aromatic heterocycles. The fourth-order valence-corrected chi connectivity index (χ4v) is 6.99. The zero-order valence-electron chi connectivity index (χ0n) is 22.3. The minimum atomic E-state index is -3.82. The first kappa shape index (κ1) is 27.4. The lowest BCUT2D eigenvalue weighted by Crippen LogP contribution is -2.33. The maximum absolute atomic E-state index is 13.9. The summed E-state index contributed by atoms with van der Waals surface area (Å²) in [6.45, 7) is 0.219. The fourth-order valence-electron chi connectivity index (χ4n) is 5.41. The van der Waals surface area contributed by atoms with Gasteiger partial charge >= 0.3 is 0 Å². The molecular weight excluding hydrogens is 563 g/mol. The van der Waals surface area contributed by atoms with Crippen molar-refractivity contribution in [3.8, 4) is 0 Å². The van der Waals surface area contributed by atoms with Crippen molar-refractivity contribution >= 4 is 21.6 Å². The van der Waals surface area contributed by atoms with Crippen molar-refractivity contribution in [1.82, 2.24) is 14.3 Å². The van der Waals surface area contributed by atoms with Gasteiger partial charge in [0.05, 0.1) is 11.4 Å². The molecular formula is C31H29ClFN4O3S+. The number of aromatic nitrogens is 2. The predicted octanol–water partition coefficient (Wildman–Crippen LogP) is 4.87. The van der Waals surface area contributed by atoms with Crippen molar-refractivity contribution in [2.24, 2.45) is 7.05 Å². The standard InChI is InChI=1S/C31H29ClFN4O3S/c1-36-14-13-34-30(36)19-37(31(38)28-18-26(28)21-6-2-8-23(33)15-21)24-12-11-20-5-3-10-29(27(20)17-24)35-41(39,40)25-9-4-7-22(32)16-25/h2,4,6-9,11-18,26,29,32,35H,3,5,10,19H2,1H3/q+1/t26-,29-/m0/s1. The smallest absolute Gasteiger partial charge is 0.255 e. The molecule has 210 valence electrons. The Labute approximate surface area is 243 Å². The van der Waals surface area contributed by atoms with Crippen LogP contribution < -0.4 is 9.62 Å². The number of hydrogen-bond donors (Lipinski definition) is 1. The van der Waals surface area contributed by atoms with E-state index in [1.165, 1.54) is 24.3 Å². The Bertz CT molecular complexity index is 1790. The number of hydrogen-bond acceptors (Lipinski definition) is 4. The number of aryl methyl sites for hydroxylation is 2. The van der Waals surface area contributed by atoms with Crippen LogP contribution in [0.5, 0.6) is 0 Å². The summed E-state index contributed by atoms with van der Waals surface area (Å²) in [6, 6.07) is 17.9. The highest BCUT2D eigenvalue weighted by molar-refractivity contribution is 7.89. The highest BCUT2D eigenvalue weighted by atomic mass is 35.5. The molecule has 0 aliphatic heterocycles. The maximum Gasteiger partial charge on any atom is 0.255 e. The van der Waals surface area contributed by atoms with E-state index in [2.05, 4.69) is 9.71 Å². The van der Waals surface area contributed by atoms with Crippen molar-refractivity contribution < 1.29 is 29.2 Å². The van der Waals surface area contributed by atoms with Gasteiger partial charge in [0.1, 0.15) is 11.6 Å². The van der Waals surface area contributed by atoms with E-state index in [1.54, 1.807) is 29.3 Å². The summed E-state index contributed by atoms with van der Waals surface area (Å²) in [5, 5.41) is 0.452. The van der Waals surface area contributed by atoms with Gasteiger partial charge in [-0.05, 0) is 66.3 Å². The summed E-state index contributed by atoms with van der Waals surface area (Å²) < 4.78 is 45.1. The number of sulfonamides is 1. The van der Waals surface area contributed by atoms with Gasteiger partial charge < -0.3 is 9.47 Å². The molecule has 2 aliphatic rings. The third kappa shape index (κ3) is 5.70. The highest BCUT2D eigenvalue weighted by Crippen LogP contribution is 2.42. The Morgan fingerprint density at radius 1 is 1.15 bits per heavy atom. The average molecular weight is 592 g/mol. The molecule has 0 fully saturated rings. The van der Waals surface area contributed by atoms with Crippen molar-refractivity contribution in [3.63, 3.8) is 0 Å². The highest BCUT2D eigenvalue weighted by Gasteiger charge is 2.37. The second kappa shape index (κ2) is 10.9. The van der Waals surface area contributed by atoms with E-state index in [1.807, 2.05) is 48.2 Å². The number of nitrogens with one attached hydrogen (secondary N) is 1. The topological polar surface area (TPSA) is 84.3 Å². The lowest BCUT2D eigenvalue weighted by molar-refractivity contribution is -0.289. The SMILES string of the molecule is Cn1ccnc1CN(C(=O)C1=C[C@H]1c1cccc(F)c1)c1ccc2c(c1)[C@@H](NS(=O)(=O)c1cccc([ClH+])c1)CCC2. The van der Waals surface area contributed by atoms with Crippen molar-refractivity contribution in [2.75, 3.05) is 4.90 Å². The van der Waals surface area contributed by atoms with Gasteiger partial charge in [0.15, 0.2) is 11.6 Å². The number of fused-ring (bicyclic) bond motifs is 1. The summed E-state index contributed by atoms with van der Waals surface area (Å²) in [7, 11) is -1.95. The van der Waals surface area contributed by atoms with E-state index >= 15 is 0 Å². The normalized spacial score (nSPS) is 18.0. The molecule has 3 aromatic carbocycles. The summed E-state index contributed by atoms with van der Waals surface area (Å²) in [6.07, 6.45) is 7.61. The molecule has 0 saturated heterocycles. The first-order valence-corrected chi connectivity index (χ1v) is 15.3. The lowest BCUT2D eigenvalue weighted by atomic mass is 9.87. The van der Waals surface area contributed by atoms with Gasteiger partial charge in [0, 0.05) is 54.8 Å². The molecule has 0 saturated carbocycles. The Morgan fingerprint density at radius 3 is 2.73 bits per heavy atom. The number of allylic oxidation sites excluding steroid dienone is 1. The number of carbonyl (C=O) groups is 1. The van der Waals surface area contributed by atoms with Crippen LogP contribution in [0.15, 0.2) is 95.7 Å². The van der Waals surface area contributed by atoms with E-state index in [-0.39, 0.29) is 29.1 Å². The quantitative estimate of drug-likeness (QED) is 0.317. The minimum Gasteiger partial charge on any atom is -0.337 e. The zero-order chi connectivity index (χ0) is 28.7. The van der Waals surface area contributed by atoms with Gasteiger partial charge in [0.2, 0.25) is 15.0 Å². The monoisotopic (exact) mass is 591 g/mol. The fraction of sp³-hybridized carbons (Fsp3) is 0.226. The molecule has 1 heterocycles. The number of rotatable bonds is 8. The molecule has 0 unspecified atom stereocenters. The number of halogens is 2. The Balaban J connectivity index is 1.32. The molecule has 0 bridgehead atoms. The lowest BCUT2D eigenvalue weighted by Gasteiger charge is -2.29. The van der Waals surface area contributed by atoms with Crippen LogP contribution in [0.25, 0.3) is 0 Å². The predicted molar refractivity (Wildman–Crippen MR) is 151 cm³/mol. The summed E-state index contributed by atoms with van der Waals surface area (Å²) in [4.78, 5) is 20.1. The molecule has 2 atom stereocenters. The summed E-state index contributed by atoms with van der Waals surface area (Å²) in [5.41, 5.74) is 3.84. The Morgan fingerprint density at radius 2 is 1.98 bits per heavy atom. The van der Waals surface area contributed by atoms with Crippen LogP contribution in [0.1, 0.15) is 47.3 Å². The van der Waals surface area contributed by atoms with Crippen LogP contribution in [0.2, 0.25) is 5.02 Å². The molecule has 1 amide bonds. The Kier molecular flexibility index (Phi) is 7.27. The van der Waals surface area contributed by atoms with Gasteiger partial charge in [-0.25, -0.2) is 22.5 Å². The third-order valence-electron chi connectivity index (χ3n) is 7.66. The van der Waals surface area contributed by atoms with E-state index in [0.29, 0.717) is 28.5 Å². The van der Waals surface area contributed by atoms with Crippen LogP contribution in [0.4, 0.5) is 10.1 Å². The van der Waals surface area contributed by atoms with Crippen LogP contribution in [0.3, 0.4) is 0 Å². The number of anilines is 1. The number of amides is 1. The van der Waals surface area contributed by atoms with Crippen LogP contribution >= 0.6 is 0 Å². The molecule has 10 heteroatoms. The number of nitrogens with zero attached hydrogens (tertiary/aromatic N) is 3. The van der Waals surface area contributed by atoms with Crippen molar-refractivity contribution in [1.29, 1.82) is 0 Å². The molecule has 41 heavy (non-hydrogen) atoms. The molecule has 7 nitrogen and oxygen atoms in total. The molecule has 4 aromatic rings. The number of benzene rings is 3. The van der Waals surface area contributed by atoms with Crippen molar-refractivity contribution in [2.45, 2.75) is 42.7 Å². The van der Waals surface area contributed by atoms with Gasteiger partial charge in [-0.2, -0.15) is 0 Å². The average Bonchev–Trinajstić information content (AvgIpc) is 3.66. The number of imidazole rings is 1.